The highest BCUT2D eigenvalue weighted by molar-refractivity contribution is 5.96. The molecule has 0 fully saturated rings. The van der Waals surface area contributed by atoms with Gasteiger partial charge in [-0.1, -0.05) is 19.9 Å². The largest absolute Gasteiger partial charge is 0.391 e. The Labute approximate surface area is 117 Å². The van der Waals surface area contributed by atoms with Crippen LogP contribution in [0.15, 0.2) is 24.3 Å². The maximum absolute atomic E-state index is 12.9. The lowest BCUT2D eigenvalue weighted by Crippen LogP contribution is -2.41. The number of rotatable bonds is 6. The summed E-state index contributed by atoms with van der Waals surface area (Å²) >= 11 is 0. The van der Waals surface area contributed by atoms with Crippen LogP contribution in [0.3, 0.4) is 0 Å². The van der Waals surface area contributed by atoms with Crippen LogP contribution in [-0.2, 0) is 4.79 Å². The molecule has 2 amide bonds. The summed E-state index contributed by atoms with van der Waals surface area (Å²) < 4.78 is 12.9. The molecule has 0 heterocycles. The molecule has 1 aromatic rings. The summed E-state index contributed by atoms with van der Waals surface area (Å²) in [5.74, 6) is -1.40. The number of carbonyl (C=O) groups is 2. The molecule has 1 aromatic carbocycles. The van der Waals surface area contributed by atoms with E-state index < -0.39 is 23.7 Å². The van der Waals surface area contributed by atoms with E-state index in [-0.39, 0.29) is 24.6 Å². The Kier molecular flexibility index (Phi) is 6.11. The Hall–Kier alpha value is -1.95. The first kappa shape index (κ1) is 16.1. The van der Waals surface area contributed by atoms with Gasteiger partial charge in [-0.3, -0.25) is 9.59 Å². The van der Waals surface area contributed by atoms with E-state index in [0.29, 0.717) is 0 Å². The third-order valence-corrected chi connectivity index (χ3v) is 2.77. The monoisotopic (exact) mass is 282 g/mol. The van der Waals surface area contributed by atoms with Crippen LogP contribution in [0, 0.1) is 11.7 Å². The van der Waals surface area contributed by atoms with Crippen molar-refractivity contribution >= 4 is 11.8 Å². The zero-order chi connectivity index (χ0) is 15.1. The van der Waals surface area contributed by atoms with Gasteiger partial charge in [-0.05, 0) is 24.1 Å². The van der Waals surface area contributed by atoms with Crippen molar-refractivity contribution in [3.8, 4) is 0 Å². The van der Waals surface area contributed by atoms with Crippen molar-refractivity contribution < 1.29 is 19.1 Å². The second kappa shape index (κ2) is 7.59. The maximum atomic E-state index is 12.9. The van der Waals surface area contributed by atoms with Gasteiger partial charge in [0.1, 0.15) is 5.82 Å². The lowest BCUT2D eigenvalue weighted by Gasteiger charge is -2.15. The number of halogens is 1. The molecular weight excluding hydrogens is 263 g/mol. The Morgan fingerprint density at radius 2 is 2.00 bits per heavy atom. The van der Waals surface area contributed by atoms with Crippen molar-refractivity contribution in [1.29, 1.82) is 0 Å². The fourth-order valence-corrected chi connectivity index (χ4v) is 1.41. The number of carbonyl (C=O) groups excluding carboxylic acids is 2. The Balaban J connectivity index is 2.36. The fourth-order valence-electron chi connectivity index (χ4n) is 1.41. The van der Waals surface area contributed by atoms with Crippen LogP contribution in [0.1, 0.15) is 24.2 Å². The third-order valence-electron chi connectivity index (χ3n) is 2.77. The van der Waals surface area contributed by atoms with Gasteiger partial charge < -0.3 is 15.7 Å². The van der Waals surface area contributed by atoms with Gasteiger partial charge in [0.15, 0.2) is 0 Å². The maximum Gasteiger partial charge on any atom is 0.251 e. The quantitative estimate of drug-likeness (QED) is 0.718. The highest BCUT2D eigenvalue weighted by atomic mass is 19.1. The number of nitrogens with one attached hydrogen (secondary N) is 2. The molecule has 0 aromatic heterocycles. The number of hydrogen-bond acceptors (Lipinski definition) is 3. The van der Waals surface area contributed by atoms with Crippen LogP contribution < -0.4 is 10.6 Å². The molecule has 0 spiro atoms. The minimum Gasteiger partial charge on any atom is -0.391 e. The molecule has 110 valence electrons. The van der Waals surface area contributed by atoms with Crippen molar-refractivity contribution in [2.45, 2.75) is 20.0 Å². The number of hydrogen-bond donors (Lipinski definition) is 3. The summed E-state index contributed by atoms with van der Waals surface area (Å²) in [5.41, 5.74) is 0.153. The van der Waals surface area contributed by atoms with Crippen molar-refractivity contribution in [2.75, 3.05) is 13.1 Å². The second-order valence-electron chi connectivity index (χ2n) is 4.81. The zero-order valence-electron chi connectivity index (χ0n) is 11.5. The lowest BCUT2D eigenvalue weighted by molar-refractivity contribution is -0.120. The Morgan fingerprint density at radius 1 is 1.30 bits per heavy atom. The Morgan fingerprint density at radius 3 is 2.60 bits per heavy atom. The molecule has 5 nitrogen and oxygen atoms in total. The summed E-state index contributed by atoms with van der Waals surface area (Å²) in [4.78, 5) is 23.1. The highest BCUT2D eigenvalue weighted by Crippen LogP contribution is 2.02. The smallest absolute Gasteiger partial charge is 0.251 e. The van der Waals surface area contributed by atoms with Gasteiger partial charge in [0.05, 0.1) is 12.6 Å². The molecule has 0 aliphatic carbocycles. The minimum atomic E-state index is -0.627. The van der Waals surface area contributed by atoms with Gasteiger partial charge in [-0.2, -0.15) is 0 Å². The predicted octanol–water partition coefficient (Wildman–Crippen LogP) is 0.689. The molecule has 6 heteroatoms. The zero-order valence-corrected chi connectivity index (χ0v) is 11.5. The molecule has 0 radical (unpaired) electrons. The summed E-state index contributed by atoms with van der Waals surface area (Å²) in [5, 5.41) is 14.4. The number of amides is 2. The van der Waals surface area contributed by atoms with E-state index in [1.54, 1.807) is 0 Å². The normalized spacial score (nSPS) is 12.1. The molecule has 0 bridgehead atoms. The fraction of sp³-hybridized carbons (Fsp3) is 0.429. The van der Waals surface area contributed by atoms with Gasteiger partial charge in [0.2, 0.25) is 5.91 Å². The molecule has 1 atom stereocenters. The molecule has 3 N–H and O–H groups in total. The number of benzene rings is 1. The van der Waals surface area contributed by atoms with Gasteiger partial charge in [-0.15, -0.1) is 0 Å². The summed E-state index contributed by atoms with van der Waals surface area (Å²) in [7, 11) is 0. The van der Waals surface area contributed by atoms with Crippen molar-refractivity contribution in [3.05, 3.63) is 35.6 Å². The molecule has 1 unspecified atom stereocenters. The first-order valence-corrected chi connectivity index (χ1v) is 6.38. The summed E-state index contributed by atoms with van der Waals surface area (Å²) in [6.07, 6.45) is -0.627. The second-order valence-corrected chi connectivity index (χ2v) is 4.81. The molecular formula is C14H19FN2O3. The van der Waals surface area contributed by atoms with Gasteiger partial charge in [-0.25, -0.2) is 4.39 Å². The topological polar surface area (TPSA) is 78.4 Å². The standard InChI is InChI=1S/C14H19FN2O3/c1-9(2)12(18)7-16-13(19)8-17-14(20)10-4-3-5-11(15)6-10/h3-6,9,12,18H,7-8H2,1-2H3,(H,16,19)(H,17,20). The van der Waals surface area contributed by atoms with Crippen molar-refractivity contribution in [1.82, 2.24) is 10.6 Å². The van der Waals surface area contributed by atoms with Crippen molar-refractivity contribution in [2.24, 2.45) is 5.92 Å². The van der Waals surface area contributed by atoms with E-state index in [0.717, 1.165) is 6.07 Å². The SMILES string of the molecule is CC(C)C(O)CNC(=O)CNC(=O)c1cccc(F)c1. The van der Waals surface area contributed by atoms with Gasteiger partial charge in [0, 0.05) is 12.1 Å². The Bertz CT molecular complexity index is 477. The minimum absolute atomic E-state index is 0.0391. The van der Waals surface area contributed by atoms with Crippen LogP contribution in [-0.4, -0.2) is 36.1 Å². The molecule has 0 aliphatic heterocycles. The van der Waals surface area contributed by atoms with Crippen LogP contribution in [0.25, 0.3) is 0 Å². The van der Waals surface area contributed by atoms with Gasteiger partial charge >= 0.3 is 0 Å². The average molecular weight is 282 g/mol. The summed E-state index contributed by atoms with van der Waals surface area (Å²) in [6.45, 7) is 3.58. The van der Waals surface area contributed by atoms with Crippen LogP contribution in [0.4, 0.5) is 4.39 Å². The number of aliphatic hydroxyl groups is 1. The predicted molar refractivity (Wildman–Crippen MR) is 72.6 cm³/mol. The third kappa shape index (κ3) is 5.36. The lowest BCUT2D eigenvalue weighted by atomic mass is 10.1. The highest BCUT2D eigenvalue weighted by Gasteiger charge is 2.12. The first-order chi connectivity index (χ1) is 9.40. The molecule has 20 heavy (non-hydrogen) atoms. The van der Waals surface area contributed by atoms with E-state index in [1.165, 1.54) is 18.2 Å². The first-order valence-electron chi connectivity index (χ1n) is 6.38. The van der Waals surface area contributed by atoms with Crippen molar-refractivity contribution in [3.63, 3.8) is 0 Å². The molecule has 0 saturated heterocycles. The van der Waals surface area contributed by atoms with Gasteiger partial charge in [0.25, 0.3) is 5.91 Å². The van der Waals surface area contributed by atoms with E-state index in [1.807, 2.05) is 13.8 Å². The average Bonchev–Trinajstić information content (AvgIpc) is 2.41. The molecule has 1 rings (SSSR count). The van der Waals surface area contributed by atoms with E-state index >= 15 is 0 Å². The van der Waals surface area contributed by atoms with E-state index in [4.69, 9.17) is 0 Å². The molecule has 0 saturated carbocycles. The van der Waals surface area contributed by atoms with E-state index in [2.05, 4.69) is 10.6 Å². The number of aliphatic hydroxyl groups excluding tert-OH is 1. The van der Waals surface area contributed by atoms with Crippen LogP contribution >= 0.6 is 0 Å². The van der Waals surface area contributed by atoms with Crippen LogP contribution in [0.2, 0.25) is 0 Å². The summed E-state index contributed by atoms with van der Waals surface area (Å²) in [6, 6.07) is 5.20. The van der Waals surface area contributed by atoms with E-state index in [9.17, 15) is 19.1 Å². The molecule has 0 aliphatic rings. The van der Waals surface area contributed by atoms with Crippen LogP contribution in [0.5, 0.6) is 0 Å².